The summed E-state index contributed by atoms with van der Waals surface area (Å²) < 4.78 is 41.2. The highest BCUT2D eigenvalue weighted by molar-refractivity contribution is 5.96. The molecule has 2 aromatic carbocycles. The summed E-state index contributed by atoms with van der Waals surface area (Å²) in [5.74, 6) is -2.77. The molecule has 0 radical (unpaired) electrons. The number of anilines is 1. The van der Waals surface area contributed by atoms with E-state index in [4.69, 9.17) is 14.2 Å². The molecule has 0 bridgehead atoms. The van der Waals surface area contributed by atoms with E-state index >= 15 is 0 Å². The number of amides is 1. The molecular weight excluding hydrogens is 336 g/mol. The molecule has 0 heterocycles. The molecule has 0 aliphatic rings. The smallest absolute Gasteiger partial charge is 0.341 e. The third kappa shape index (κ3) is 4.66. The third-order valence-electron chi connectivity index (χ3n) is 3.17. The van der Waals surface area contributed by atoms with Gasteiger partial charge in [-0.25, -0.2) is 13.6 Å². The quantitative estimate of drug-likeness (QED) is 0.810. The van der Waals surface area contributed by atoms with Crippen molar-refractivity contribution in [2.75, 3.05) is 26.1 Å². The standard InChI is InChI=1S/C17H15F2NO5/c1-23-11-4-6-15(24-2)14(8-11)20-16(21)9-25-17(22)12-5-3-10(18)7-13(12)19/h3-8H,9H2,1-2H3,(H,20,21). The largest absolute Gasteiger partial charge is 0.497 e. The molecule has 0 saturated heterocycles. The maximum Gasteiger partial charge on any atom is 0.341 e. The average Bonchev–Trinajstić information content (AvgIpc) is 2.59. The lowest BCUT2D eigenvalue weighted by molar-refractivity contribution is -0.119. The fourth-order valence-electron chi connectivity index (χ4n) is 1.96. The predicted octanol–water partition coefficient (Wildman–Crippen LogP) is 2.78. The number of benzene rings is 2. The first-order valence-corrected chi connectivity index (χ1v) is 7.08. The van der Waals surface area contributed by atoms with Crippen molar-refractivity contribution in [2.45, 2.75) is 0 Å². The van der Waals surface area contributed by atoms with Crippen molar-refractivity contribution in [1.82, 2.24) is 0 Å². The Kier molecular flexibility index (Phi) is 5.89. The van der Waals surface area contributed by atoms with Crippen molar-refractivity contribution >= 4 is 17.6 Å². The number of carbonyl (C=O) groups is 2. The van der Waals surface area contributed by atoms with Gasteiger partial charge in [0.15, 0.2) is 6.61 Å². The molecule has 0 atom stereocenters. The lowest BCUT2D eigenvalue weighted by Crippen LogP contribution is -2.21. The van der Waals surface area contributed by atoms with Crippen LogP contribution in [-0.2, 0) is 9.53 Å². The first-order chi connectivity index (χ1) is 11.9. The fourth-order valence-corrected chi connectivity index (χ4v) is 1.96. The molecule has 132 valence electrons. The van der Waals surface area contributed by atoms with Gasteiger partial charge in [0, 0.05) is 12.1 Å². The van der Waals surface area contributed by atoms with Crippen LogP contribution in [-0.4, -0.2) is 32.7 Å². The summed E-state index contributed by atoms with van der Waals surface area (Å²) in [6, 6.07) is 7.17. The Labute approximate surface area is 142 Å². The molecule has 0 aromatic heterocycles. The Morgan fingerprint density at radius 3 is 2.44 bits per heavy atom. The van der Waals surface area contributed by atoms with Crippen LogP contribution in [0.15, 0.2) is 36.4 Å². The van der Waals surface area contributed by atoms with Gasteiger partial charge in [0.2, 0.25) is 0 Å². The summed E-state index contributed by atoms with van der Waals surface area (Å²) in [6.07, 6.45) is 0. The highest BCUT2D eigenvalue weighted by Crippen LogP contribution is 2.28. The second-order valence-electron chi connectivity index (χ2n) is 4.81. The van der Waals surface area contributed by atoms with Crippen LogP contribution in [0.3, 0.4) is 0 Å². The van der Waals surface area contributed by atoms with Crippen molar-refractivity contribution in [3.63, 3.8) is 0 Å². The molecule has 8 heteroatoms. The highest BCUT2D eigenvalue weighted by Gasteiger charge is 2.16. The van der Waals surface area contributed by atoms with Gasteiger partial charge in [-0.3, -0.25) is 4.79 Å². The van der Waals surface area contributed by atoms with Crippen LogP contribution in [0.5, 0.6) is 11.5 Å². The van der Waals surface area contributed by atoms with E-state index < -0.39 is 35.7 Å². The molecule has 1 N–H and O–H groups in total. The summed E-state index contributed by atoms with van der Waals surface area (Å²) in [5, 5.41) is 2.49. The van der Waals surface area contributed by atoms with Crippen molar-refractivity contribution in [1.29, 1.82) is 0 Å². The molecular formula is C17H15F2NO5. The van der Waals surface area contributed by atoms with E-state index in [1.54, 1.807) is 12.1 Å². The molecule has 2 rings (SSSR count). The van der Waals surface area contributed by atoms with E-state index in [-0.39, 0.29) is 0 Å². The number of methoxy groups -OCH3 is 2. The Bertz CT molecular complexity index is 795. The normalized spacial score (nSPS) is 10.1. The monoisotopic (exact) mass is 351 g/mol. The van der Waals surface area contributed by atoms with Gasteiger partial charge in [-0.1, -0.05) is 0 Å². The topological polar surface area (TPSA) is 73.9 Å². The van der Waals surface area contributed by atoms with Gasteiger partial charge in [-0.15, -0.1) is 0 Å². The van der Waals surface area contributed by atoms with Crippen molar-refractivity contribution < 1.29 is 32.6 Å². The van der Waals surface area contributed by atoms with Gasteiger partial charge in [0.05, 0.1) is 25.5 Å². The number of esters is 1. The van der Waals surface area contributed by atoms with Crippen molar-refractivity contribution in [2.24, 2.45) is 0 Å². The molecule has 0 aliphatic carbocycles. The number of hydrogen-bond donors (Lipinski definition) is 1. The summed E-state index contributed by atoms with van der Waals surface area (Å²) in [6.45, 7) is -0.657. The van der Waals surface area contributed by atoms with E-state index in [1.165, 1.54) is 20.3 Å². The predicted molar refractivity (Wildman–Crippen MR) is 84.8 cm³/mol. The minimum absolute atomic E-state index is 0.316. The Morgan fingerprint density at radius 1 is 1.04 bits per heavy atom. The van der Waals surface area contributed by atoms with Gasteiger partial charge in [0.25, 0.3) is 5.91 Å². The van der Waals surface area contributed by atoms with Crippen LogP contribution >= 0.6 is 0 Å². The number of nitrogens with one attached hydrogen (secondary N) is 1. The van der Waals surface area contributed by atoms with Gasteiger partial charge >= 0.3 is 5.97 Å². The van der Waals surface area contributed by atoms with Crippen molar-refractivity contribution in [3.8, 4) is 11.5 Å². The zero-order valence-electron chi connectivity index (χ0n) is 13.5. The Morgan fingerprint density at radius 2 is 1.80 bits per heavy atom. The summed E-state index contributed by atoms with van der Waals surface area (Å²) in [5.41, 5.74) is -0.149. The molecule has 0 unspecified atom stereocenters. The second kappa shape index (κ2) is 8.09. The summed E-state index contributed by atoms with van der Waals surface area (Å²) in [4.78, 5) is 23.7. The zero-order chi connectivity index (χ0) is 18.4. The summed E-state index contributed by atoms with van der Waals surface area (Å²) in [7, 11) is 2.89. The van der Waals surface area contributed by atoms with E-state index in [9.17, 15) is 18.4 Å². The number of ether oxygens (including phenoxy) is 3. The Balaban J connectivity index is 2.00. The van der Waals surface area contributed by atoms with Gasteiger partial charge in [-0.05, 0) is 24.3 Å². The minimum atomic E-state index is -1.08. The molecule has 1 amide bonds. The van der Waals surface area contributed by atoms with E-state index in [0.717, 1.165) is 12.1 Å². The molecule has 0 aliphatic heterocycles. The average molecular weight is 351 g/mol. The lowest BCUT2D eigenvalue weighted by atomic mass is 10.2. The van der Waals surface area contributed by atoms with Crippen LogP contribution in [0.2, 0.25) is 0 Å². The van der Waals surface area contributed by atoms with E-state index in [2.05, 4.69) is 5.32 Å². The molecule has 0 spiro atoms. The van der Waals surface area contributed by atoms with Crippen LogP contribution in [0, 0.1) is 11.6 Å². The van der Waals surface area contributed by atoms with Crippen LogP contribution in [0.25, 0.3) is 0 Å². The first-order valence-electron chi connectivity index (χ1n) is 7.08. The maximum atomic E-state index is 13.5. The van der Waals surface area contributed by atoms with Crippen LogP contribution in [0.4, 0.5) is 14.5 Å². The second-order valence-corrected chi connectivity index (χ2v) is 4.81. The lowest BCUT2D eigenvalue weighted by Gasteiger charge is -2.12. The molecule has 2 aromatic rings. The number of rotatable bonds is 6. The fraction of sp³-hybridized carbons (Fsp3) is 0.176. The highest BCUT2D eigenvalue weighted by atomic mass is 19.1. The number of halogens is 2. The number of hydrogen-bond acceptors (Lipinski definition) is 5. The van der Waals surface area contributed by atoms with Gasteiger partial charge in [-0.2, -0.15) is 0 Å². The van der Waals surface area contributed by atoms with Crippen molar-refractivity contribution in [3.05, 3.63) is 53.6 Å². The molecule has 6 nitrogen and oxygen atoms in total. The zero-order valence-corrected chi connectivity index (χ0v) is 13.5. The van der Waals surface area contributed by atoms with Gasteiger partial charge in [0.1, 0.15) is 23.1 Å². The van der Waals surface area contributed by atoms with Crippen LogP contribution < -0.4 is 14.8 Å². The molecule has 25 heavy (non-hydrogen) atoms. The first kappa shape index (κ1) is 18.2. The minimum Gasteiger partial charge on any atom is -0.497 e. The number of carbonyl (C=O) groups excluding carboxylic acids is 2. The van der Waals surface area contributed by atoms with Gasteiger partial charge < -0.3 is 19.5 Å². The van der Waals surface area contributed by atoms with E-state index in [0.29, 0.717) is 23.3 Å². The van der Waals surface area contributed by atoms with Crippen LogP contribution in [0.1, 0.15) is 10.4 Å². The SMILES string of the molecule is COc1ccc(OC)c(NC(=O)COC(=O)c2ccc(F)cc2F)c1. The molecule has 0 saturated carbocycles. The maximum absolute atomic E-state index is 13.5. The van der Waals surface area contributed by atoms with E-state index in [1.807, 2.05) is 0 Å². The third-order valence-corrected chi connectivity index (χ3v) is 3.17. The summed E-state index contributed by atoms with van der Waals surface area (Å²) >= 11 is 0. The Hall–Kier alpha value is -3.16. The molecule has 0 fully saturated rings.